The molecule has 0 aliphatic carbocycles. The lowest BCUT2D eigenvalue weighted by Gasteiger charge is -2.09. The largest absolute Gasteiger partial charge is 0.493 e. The van der Waals surface area contributed by atoms with Crippen molar-refractivity contribution in [2.75, 3.05) is 14.2 Å². The molecule has 0 radical (unpaired) electrons. The molecule has 0 bridgehead atoms. The Balaban J connectivity index is 2.02. The summed E-state index contributed by atoms with van der Waals surface area (Å²) in [6.07, 6.45) is 4.24. The van der Waals surface area contributed by atoms with Crippen molar-refractivity contribution in [3.63, 3.8) is 0 Å². The zero-order chi connectivity index (χ0) is 18.0. The number of aromatic amines is 1. The second-order valence-electron chi connectivity index (χ2n) is 6.05. The maximum absolute atomic E-state index is 11.6. The third-order valence-corrected chi connectivity index (χ3v) is 4.36. The van der Waals surface area contributed by atoms with Crippen molar-refractivity contribution in [2.45, 2.75) is 20.3 Å². The first kappa shape index (κ1) is 17.0. The lowest BCUT2D eigenvalue weighted by atomic mass is 9.99. The van der Waals surface area contributed by atoms with E-state index in [4.69, 9.17) is 14.5 Å². The summed E-state index contributed by atoms with van der Waals surface area (Å²) in [5.41, 5.74) is 4.13. The van der Waals surface area contributed by atoms with Crippen LogP contribution >= 0.6 is 0 Å². The smallest absolute Gasteiger partial charge is 0.161 e. The van der Waals surface area contributed by atoms with Gasteiger partial charge in [-0.1, -0.05) is 6.92 Å². The summed E-state index contributed by atoms with van der Waals surface area (Å²) in [7, 11) is 3.20. The summed E-state index contributed by atoms with van der Waals surface area (Å²) in [5, 5.41) is 0. The number of aromatic nitrogens is 3. The van der Waals surface area contributed by atoms with Crippen molar-refractivity contribution in [3.05, 3.63) is 36.2 Å². The summed E-state index contributed by atoms with van der Waals surface area (Å²) in [6.45, 7) is 3.53. The summed E-state index contributed by atoms with van der Waals surface area (Å²) in [4.78, 5) is 23.9. The highest BCUT2D eigenvalue weighted by molar-refractivity contribution is 5.81. The van der Waals surface area contributed by atoms with Crippen molar-refractivity contribution in [1.82, 2.24) is 15.0 Å². The van der Waals surface area contributed by atoms with E-state index in [2.05, 4.69) is 9.97 Å². The molecular formula is C19H21N3O3. The first-order chi connectivity index (χ1) is 12.0. The maximum atomic E-state index is 11.6. The number of carbonyl (C=O) groups excluding carboxylic acids is 1. The van der Waals surface area contributed by atoms with E-state index in [1.807, 2.05) is 31.3 Å². The van der Waals surface area contributed by atoms with Crippen LogP contribution < -0.4 is 9.47 Å². The minimum atomic E-state index is -0.0504. The molecule has 2 heterocycles. The number of nitrogens with one attached hydrogen (secondary N) is 1. The average Bonchev–Trinajstić information content (AvgIpc) is 3.03. The highest BCUT2D eigenvalue weighted by atomic mass is 16.5. The number of ketones is 1. The molecule has 2 aromatic heterocycles. The van der Waals surface area contributed by atoms with Crippen molar-refractivity contribution in [2.24, 2.45) is 5.92 Å². The Kier molecular flexibility index (Phi) is 4.70. The van der Waals surface area contributed by atoms with Gasteiger partial charge in [-0.2, -0.15) is 0 Å². The van der Waals surface area contributed by atoms with E-state index in [1.165, 1.54) is 0 Å². The van der Waals surface area contributed by atoms with Crippen LogP contribution in [0.5, 0.6) is 11.5 Å². The van der Waals surface area contributed by atoms with Gasteiger partial charge in [-0.05, 0) is 37.1 Å². The fraction of sp³-hybridized carbons (Fsp3) is 0.316. The fourth-order valence-corrected chi connectivity index (χ4v) is 2.71. The Morgan fingerprint density at radius 2 is 2.00 bits per heavy atom. The number of carbonyl (C=O) groups is 1. The number of hydrogen-bond acceptors (Lipinski definition) is 5. The number of hydrogen-bond donors (Lipinski definition) is 1. The highest BCUT2D eigenvalue weighted by Gasteiger charge is 2.15. The van der Waals surface area contributed by atoms with E-state index >= 15 is 0 Å². The molecule has 0 amide bonds. The minimum Gasteiger partial charge on any atom is -0.493 e. The number of fused-ring (bicyclic) bond motifs is 1. The second kappa shape index (κ2) is 6.93. The van der Waals surface area contributed by atoms with Crippen molar-refractivity contribution < 1.29 is 14.3 Å². The Morgan fingerprint density at radius 3 is 2.68 bits per heavy atom. The van der Waals surface area contributed by atoms with Crippen LogP contribution in [0.3, 0.4) is 0 Å². The van der Waals surface area contributed by atoms with Gasteiger partial charge in [0.2, 0.25) is 0 Å². The van der Waals surface area contributed by atoms with E-state index in [1.54, 1.807) is 27.3 Å². The molecule has 0 aliphatic rings. The molecule has 0 saturated heterocycles. The molecule has 3 aromatic rings. The Labute approximate surface area is 146 Å². The van der Waals surface area contributed by atoms with E-state index in [0.29, 0.717) is 17.9 Å². The molecule has 0 spiro atoms. The normalized spacial score (nSPS) is 12.2. The van der Waals surface area contributed by atoms with Gasteiger partial charge in [0.05, 0.1) is 26.1 Å². The fourth-order valence-electron chi connectivity index (χ4n) is 2.71. The van der Waals surface area contributed by atoms with E-state index in [0.717, 1.165) is 28.0 Å². The van der Waals surface area contributed by atoms with Crippen molar-refractivity contribution >= 4 is 16.9 Å². The molecule has 6 heteroatoms. The molecule has 1 N–H and O–H groups in total. The lowest BCUT2D eigenvalue weighted by molar-refractivity contribution is -0.120. The predicted octanol–water partition coefficient (Wildman–Crippen LogP) is 3.41. The first-order valence-corrected chi connectivity index (χ1v) is 8.09. The third kappa shape index (κ3) is 3.33. The molecule has 0 saturated carbocycles. The molecule has 0 fully saturated rings. The van der Waals surface area contributed by atoms with Gasteiger partial charge in [-0.3, -0.25) is 4.79 Å². The molecule has 1 unspecified atom stereocenters. The maximum Gasteiger partial charge on any atom is 0.161 e. The van der Waals surface area contributed by atoms with Gasteiger partial charge in [0.15, 0.2) is 17.1 Å². The number of H-pyrrole nitrogens is 1. The number of rotatable bonds is 6. The van der Waals surface area contributed by atoms with E-state index in [-0.39, 0.29) is 11.7 Å². The third-order valence-electron chi connectivity index (χ3n) is 4.36. The molecule has 3 rings (SSSR count). The summed E-state index contributed by atoms with van der Waals surface area (Å²) in [5.74, 6) is 1.42. The molecule has 1 aromatic carbocycles. The van der Waals surface area contributed by atoms with Crippen LogP contribution in [0.25, 0.3) is 22.4 Å². The Bertz CT molecular complexity index is 917. The highest BCUT2D eigenvalue weighted by Crippen LogP contribution is 2.32. The first-order valence-electron chi connectivity index (χ1n) is 8.09. The molecule has 0 aliphatic heterocycles. The molecular weight excluding hydrogens is 318 g/mol. The van der Waals surface area contributed by atoms with Crippen LogP contribution in [0.1, 0.15) is 19.4 Å². The molecule has 6 nitrogen and oxygen atoms in total. The number of nitrogens with zero attached hydrogens (tertiary/aromatic N) is 2. The van der Waals surface area contributed by atoms with Crippen molar-refractivity contribution in [1.29, 1.82) is 0 Å². The lowest BCUT2D eigenvalue weighted by Crippen LogP contribution is -2.09. The van der Waals surface area contributed by atoms with Crippen LogP contribution in [0, 0.1) is 5.92 Å². The second-order valence-corrected chi connectivity index (χ2v) is 6.05. The molecule has 1 atom stereocenters. The van der Waals surface area contributed by atoms with E-state index < -0.39 is 0 Å². The van der Waals surface area contributed by atoms with Gasteiger partial charge >= 0.3 is 0 Å². The number of benzene rings is 1. The van der Waals surface area contributed by atoms with Crippen LogP contribution in [-0.4, -0.2) is 35.0 Å². The van der Waals surface area contributed by atoms with Gasteiger partial charge in [0.1, 0.15) is 11.3 Å². The standard InChI is InChI=1S/C19H21N3O3/c1-11(12(2)23)7-14-9-20-19-18(14)22-15(10-21-19)13-5-6-16(24-3)17(8-13)25-4/h5-6,8-11H,7H2,1-4H3,(H,20,21). The molecule has 25 heavy (non-hydrogen) atoms. The SMILES string of the molecule is COc1ccc(-c2cnc3[nH]cc(CC(C)C(C)=O)c3n2)cc1OC. The topological polar surface area (TPSA) is 77.1 Å². The zero-order valence-electron chi connectivity index (χ0n) is 14.8. The van der Waals surface area contributed by atoms with Gasteiger partial charge in [-0.25, -0.2) is 9.97 Å². The summed E-state index contributed by atoms with van der Waals surface area (Å²) < 4.78 is 10.6. The van der Waals surface area contributed by atoms with Crippen LogP contribution in [0.2, 0.25) is 0 Å². The minimum absolute atomic E-state index is 0.0504. The number of methoxy groups -OCH3 is 2. The van der Waals surface area contributed by atoms with Crippen LogP contribution in [-0.2, 0) is 11.2 Å². The number of Topliss-reactive ketones (excluding diaryl/α,β-unsaturated/α-hetero) is 1. The van der Waals surface area contributed by atoms with Crippen LogP contribution in [0.4, 0.5) is 0 Å². The van der Waals surface area contributed by atoms with Crippen molar-refractivity contribution in [3.8, 4) is 22.8 Å². The average molecular weight is 339 g/mol. The summed E-state index contributed by atoms with van der Waals surface area (Å²) >= 11 is 0. The quantitative estimate of drug-likeness (QED) is 0.745. The van der Waals surface area contributed by atoms with Gasteiger partial charge in [0.25, 0.3) is 0 Å². The zero-order valence-corrected chi connectivity index (χ0v) is 14.8. The molecule has 130 valence electrons. The Morgan fingerprint density at radius 1 is 1.24 bits per heavy atom. The van der Waals surface area contributed by atoms with E-state index in [9.17, 15) is 4.79 Å². The Hall–Kier alpha value is -2.89. The van der Waals surface area contributed by atoms with Crippen LogP contribution in [0.15, 0.2) is 30.6 Å². The van der Waals surface area contributed by atoms with Gasteiger partial charge in [-0.15, -0.1) is 0 Å². The van der Waals surface area contributed by atoms with Gasteiger partial charge < -0.3 is 14.5 Å². The monoisotopic (exact) mass is 339 g/mol. The predicted molar refractivity (Wildman–Crippen MR) is 96.0 cm³/mol. The summed E-state index contributed by atoms with van der Waals surface area (Å²) in [6, 6.07) is 5.64. The number of ether oxygens (including phenoxy) is 2. The van der Waals surface area contributed by atoms with Gasteiger partial charge in [0, 0.05) is 17.7 Å².